The first kappa shape index (κ1) is 6.78. The topological polar surface area (TPSA) is 77.7 Å². The number of rotatable bonds is 0. The Labute approximate surface area is 67.4 Å². The molecular formula is C7H7N4O+. The molecule has 1 aromatic heterocycles. The van der Waals surface area contributed by atoms with E-state index in [1.807, 2.05) is 12.1 Å². The van der Waals surface area contributed by atoms with Gasteiger partial charge in [0.2, 0.25) is 0 Å². The second-order valence-electron chi connectivity index (χ2n) is 2.39. The number of hydrogen-bond donors (Lipinski definition) is 2. The highest BCUT2D eigenvalue weighted by atomic mass is 16.3. The first-order valence-electron chi connectivity index (χ1n) is 3.44. The van der Waals surface area contributed by atoms with Crippen molar-refractivity contribution in [2.24, 2.45) is 0 Å². The molecule has 1 heterocycles. The van der Waals surface area contributed by atoms with Gasteiger partial charge in [-0.25, -0.2) is 5.10 Å². The third-order valence-corrected chi connectivity index (χ3v) is 1.57. The summed E-state index contributed by atoms with van der Waals surface area (Å²) < 4.78 is 0.433. The molecule has 1 aromatic carbocycles. The molecule has 0 bridgehead atoms. The zero-order chi connectivity index (χ0) is 8.55. The number of aromatic nitrogens is 3. The van der Waals surface area contributed by atoms with E-state index in [0.29, 0.717) is 15.6 Å². The Morgan fingerprint density at radius 1 is 1.42 bits per heavy atom. The third kappa shape index (κ3) is 0.914. The van der Waals surface area contributed by atoms with E-state index in [1.54, 1.807) is 12.1 Å². The van der Waals surface area contributed by atoms with Crippen LogP contribution < -0.4 is 10.3 Å². The van der Waals surface area contributed by atoms with Crippen LogP contribution in [0, 0.1) is 4.91 Å². The second-order valence-corrected chi connectivity index (χ2v) is 2.39. The van der Waals surface area contributed by atoms with Crippen molar-refractivity contribution >= 4 is 17.0 Å². The number of nitrogens with one attached hydrogen (secondary N) is 1. The summed E-state index contributed by atoms with van der Waals surface area (Å²) in [7, 11) is 0. The van der Waals surface area contributed by atoms with Crippen molar-refractivity contribution in [3.8, 4) is 0 Å². The molecule has 0 saturated heterocycles. The second kappa shape index (κ2) is 2.30. The first-order valence-corrected chi connectivity index (χ1v) is 3.44. The van der Waals surface area contributed by atoms with E-state index in [0.717, 1.165) is 0 Å². The molecule has 0 radical (unpaired) electrons. The molecule has 5 heteroatoms. The highest BCUT2D eigenvalue weighted by Gasteiger charge is 2.05. The number of para-hydroxylation sites is 2. The molecular weight excluding hydrogens is 156 g/mol. The number of anilines is 1. The van der Waals surface area contributed by atoms with Gasteiger partial charge in [-0.15, -0.1) is 0 Å². The van der Waals surface area contributed by atoms with Gasteiger partial charge < -0.3 is 0 Å². The van der Waals surface area contributed by atoms with Crippen LogP contribution in [0.3, 0.4) is 0 Å². The zero-order valence-electron chi connectivity index (χ0n) is 6.19. The largest absolute Gasteiger partial charge is 0.450 e. The van der Waals surface area contributed by atoms with Gasteiger partial charge in [0.25, 0.3) is 0 Å². The van der Waals surface area contributed by atoms with E-state index >= 15 is 0 Å². The summed E-state index contributed by atoms with van der Waals surface area (Å²) >= 11 is 0. The lowest BCUT2D eigenvalue weighted by molar-refractivity contribution is -0.548. The number of nitrogens with zero attached hydrogens (tertiary/aromatic N) is 2. The van der Waals surface area contributed by atoms with Crippen LogP contribution in [-0.2, 0) is 0 Å². The quantitative estimate of drug-likeness (QED) is 0.539. The lowest BCUT2D eigenvalue weighted by Crippen LogP contribution is -2.25. The summed E-state index contributed by atoms with van der Waals surface area (Å²) in [5.74, 6) is -0.0753. The maximum absolute atomic E-state index is 10.9. The lowest BCUT2D eigenvalue weighted by Gasteiger charge is -1.89. The lowest BCUT2D eigenvalue weighted by atomic mass is 10.3. The monoisotopic (exact) mass is 163 g/mol. The van der Waals surface area contributed by atoms with Crippen LogP contribution in [0.1, 0.15) is 0 Å². The predicted octanol–water partition coefficient (Wildman–Crippen LogP) is 0.0596. The van der Waals surface area contributed by atoms with Gasteiger partial charge in [0.1, 0.15) is 5.52 Å². The number of hydrogen-bond acceptors (Lipinski definition) is 3. The van der Waals surface area contributed by atoms with E-state index in [9.17, 15) is 4.91 Å². The average Bonchev–Trinajstić information content (AvgIpc) is 2.07. The molecule has 0 aliphatic rings. The molecule has 0 aliphatic heterocycles. The van der Waals surface area contributed by atoms with Gasteiger partial charge in [-0.05, 0) is 12.1 Å². The summed E-state index contributed by atoms with van der Waals surface area (Å²) in [6.45, 7) is 0. The molecule has 0 amide bonds. The maximum atomic E-state index is 10.9. The Hall–Kier alpha value is -1.91. The Balaban J connectivity index is 2.93. The third-order valence-electron chi connectivity index (χ3n) is 1.57. The van der Waals surface area contributed by atoms with Crippen LogP contribution in [0.25, 0.3) is 11.0 Å². The Morgan fingerprint density at radius 3 is 3.00 bits per heavy atom. The average molecular weight is 163 g/mol. The van der Waals surface area contributed by atoms with E-state index in [4.69, 9.17) is 5.73 Å². The molecule has 2 aromatic rings. The van der Waals surface area contributed by atoms with Gasteiger partial charge in [0.05, 0.1) is 4.54 Å². The van der Waals surface area contributed by atoms with Crippen molar-refractivity contribution in [1.82, 2.24) is 10.1 Å². The predicted molar refractivity (Wildman–Crippen MR) is 43.9 cm³/mol. The van der Waals surface area contributed by atoms with Crippen molar-refractivity contribution in [3.05, 3.63) is 29.2 Å². The molecule has 0 spiro atoms. The summed E-state index contributed by atoms with van der Waals surface area (Å²) in [6.07, 6.45) is 0. The fourth-order valence-corrected chi connectivity index (χ4v) is 1.00. The summed E-state index contributed by atoms with van der Waals surface area (Å²) in [5.41, 5.74) is 6.64. The molecule has 0 atom stereocenters. The fourth-order valence-electron chi connectivity index (χ4n) is 1.00. The van der Waals surface area contributed by atoms with Crippen molar-refractivity contribution in [2.45, 2.75) is 0 Å². The van der Waals surface area contributed by atoms with Gasteiger partial charge >= 0.3 is 5.95 Å². The number of nitrogen functional groups attached to an aromatic ring is 1. The number of nitrogens with two attached hydrogens (primary N) is 1. The van der Waals surface area contributed by atoms with Crippen LogP contribution in [0.4, 0.5) is 5.95 Å². The highest BCUT2D eigenvalue weighted by molar-refractivity contribution is 5.73. The fraction of sp³-hybridized carbons (Fsp3) is 0. The summed E-state index contributed by atoms with van der Waals surface area (Å²) in [5, 5.41) is 2.53. The number of aromatic amines is 1. The van der Waals surface area contributed by atoms with Gasteiger partial charge in [0.15, 0.2) is 5.52 Å². The SMILES string of the molecule is Nc1nc2ccccc2[nH][n+]1=O. The molecule has 60 valence electrons. The summed E-state index contributed by atoms with van der Waals surface area (Å²) in [6, 6.07) is 7.19. The van der Waals surface area contributed by atoms with Crippen LogP contribution in [0.5, 0.6) is 0 Å². The molecule has 0 unspecified atom stereocenters. The van der Waals surface area contributed by atoms with Gasteiger partial charge in [-0.1, -0.05) is 22.0 Å². The van der Waals surface area contributed by atoms with Crippen LogP contribution in [0.2, 0.25) is 0 Å². The van der Waals surface area contributed by atoms with E-state index < -0.39 is 0 Å². The minimum Gasteiger partial charge on any atom is -0.283 e. The number of H-pyrrole nitrogens is 1. The smallest absolute Gasteiger partial charge is 0.283 e. The molecule has 2 rings (SSSR count). The number of fused-ring (bicyclic) bond motifs is 1. The van der Waals surface area contributed by atoms with Gasteiger partial charge in [-0.2, -0.15) is 0 Å². The first-order chi connectivity index (χ1) is 5.77. The van der Waals surface area contributed by atoms with E-state index in [1.165, 1.54) is 0 Å². The number of benzene rings is 1. The standard InChI is InChI=1S/C7H7N4O/c8-7-9-5-3-1-2-4-6(5)10-11(7)12/h1-4H,(H2,8,9)(H,10,12)/q+1. The van der Waals surface area contributed by atoms with Crippen molar-refractivity contribution in [1.29, 1.82) is 0 Å². The van der Waals surface area contributed by atoms with Crippen LogP contribution >= 0.6 is 0 Å². The molecule has 12 heavy (non-hydrogen) atoms. The van der Waals surface area contributed by atoms with E-state index in [2.05, 4.69) is 10.1 Å². The van der Waals surface area contributed by atoms with E-state index in [-0.39, 0.29) is 5.95 Å². The zero-order valence-corrected chi connectivity index (χ0v) is 6.19. The van der Waals surface area contributed by atoms with Crippen molar-refractivity contribution < 1.29 is 4.54 Å². The molecule has 3 N–H and O–H groups in total. The Bertz CT molecular complexity index is 476. The maximum Gasteiger partial charge on any atom is 0.450 e. The van der Waals surface area contributed by atoms with Gasteiger partial charge in [0, 0.05) is 0 Å². The molecule has 0 aliphatic carbocycles. The van der Waals surface area contributed by atoms with Gasteiger partial charge in [-0.3, -0.25) is 5.73 Å². The molecule has 5 nitrogen and oxygen atoms in total. The molecule has 0 fully saturated rings. The van der Waals surface area contributed by atoms with Crippen LogP contribution in [0.15, 0.2) is 24.3 Å². The Morgan fingerprint density at radius 2 is 2.17 bits per heavy atom. The Kier molecular flexibility index (Phi) is 1.30. The van der Waals surface area contributed by atoms with Crippen molar-refractivity contribution in [2.75, 3.05) is 5.73 Å². The minimum atomic E-state index is -0.0753. The summed E-state index contributed by atoms with van der Waals surface area (Å²) in [4.78, 5) is 14.8. The van der Waals surface area contributed by atoms with Crippen molar-refractivity contribution in [3.63, 3.8) is 0 Å². The highest BCUT2D eigenvalue weighted by Crippen LogP contribution is 2.04. The normalized spacial score (nSPS) is 10.3. The minimum absolute atomic E-state index is 0.0753. The molecule has 0 saturated carbocycles. The van der Waals surface area contributed by atoms with Crippen LogP contribution in [-0.4, -0.2) is 10.1 Å².